The number of hydrogen-bond donors (Lipinski definition) is 0. The quantitative estimate of drug-likeness (QED) is 0.120. The lowest BCUT2D eigenvalue weighted by Crippen LogP contribution is -2.04. The highest BCUT2D eigenvalue weighted by Crippen LogP contribution is 2.45. The van der Waals surface area contributed by atoms with Gasteiger partial charge in [0.05, 0.1) is 68.4 Å². The van der Waals surface area contributed by atoms with Crippen LogP contribution in [-0.2, 0) is 0 Å². The van der Waals surface area contributed by atoms with Crippen molar-refractivity contribution in [3.63, 3.8) is 0 Å². The van der Waals surface area contributed by atoms with Crippen molar-refractivity contribution in [1.82, 2.24) is 29.1 Å². The van der Waals surface area contributed by atoms with Crippen molar-refractivity contribution in [2.75, 3.05) is 0 Å². The Bertz CT molecular complexity index is 5210. The molecule has 16 aromatic rings. The predicted molar refractivity (Wildman–Crippen MR) is 366 cm³/mol. The fourth-order valence-electron chi connectivity index (χ4n) is 12.7. The standard InChI is InChI=1S/C82H50N8/c1-84-67-24-14-23-61(41-67)72-47-77(89-78-42-57(62-29-37-73(85-49-62)53-15-6-2-7-16-53)25-33-68(78)69-34-26-58(43-79(69)89)63-30-38-74(86-50-63)54-17-8-3-9-18-54)66(48-83)46-82(72)90-80-44-59(64-31-39-75(87-51-64)55-19-10-4-11-20-55)27-35-70(80)71-36-28-60(45-81(71)90)65-32-40-76(88-52-65)56-21-12-5-13-22-56/h2-47,49-52H. The second-order valence-electron chi connectivity index (χ2n) is 22.5. The molecule has 10 aromatic carbocycles. The van der Waals surface area contributed by atoms with E-state index in [2.05, 4.69) is 202 Å². The van der Waals surface area contributed by atoms with Gasteiger partial charge < -0.3 is 9.13 Å². The molecule has 0 saturated carbocycles. The molecule has 0 aliphatic carbocycles. The van der Waals surface area contributed by atoms with Gasteiger partial charge in [-0.3, -0.25) is 19.9 Å². The second kappa shape index (κ2) is 22.3. The first-order valence-corrected chi connectivity index (χ1v) is 29.8. The van der Waals surface area contributed by atoms with Crippen LogP contribution in [0.4, 0.5) is 5.69 Å². The Hall–Kier alpha value is -12.6. The zero-order valence-electron chi connectivity index (χ0n) is 48.4. The molecule has 8 nitrogen and oxygen atoms in total. The Kier molecular flexibility index (Phi) is 13.1. The first-order chi connectivity index (χ1) is 44.5. The van der Waals surface area contributed by atoms with Crippen molar-refractivity contribution in [2.45, 2.75) is 0 Å². The summed E-state index contributed by atoms with van der Waals surface area (Å²) >= 11 is 0. The number of hydrogen-bond acceptors (Lipinski definition) is 5. The minimum atomic E-state index is 0.455. The monoisotopic (exact) mass is 1150 g/mol. The van der Waals surface area contributed by atoms with Crippen LogP contribution in [0.3, 0.4) is 0 Å². The van der Waals surface area contributed by atoms with E-state index in [0.717, 1.165) is 150 Å². The maximum absolute atomic E-state index is 11.9. The molecule has 16 rings (SSSR count). The minimum absolute atomic E-state index is 0.455. The molecule has 0 aliphatic rings. The van der Waals surface area contributed by atoms with Crippen molar-refractivity contribution in [3.05, 3.63) is 321 Å². The van der Waals surface area contributed by atoms with E-state index in [9.17, 15) is 5.26 Å². The van der Waals surface area contributed by atoms with Crippen molar-refractivity contribution in [1.29, 1.82) is 5.26 Å². The van der Waals surface area contributed by atoms with Crippen LogP contribution in [0.1, 0.15) is 5.56 Å². The van der Waals surface area contributed by atoms with E-state index in [1.54, 1.807) is 0 Å². The third kappa shape index (κ3) is 9.51. The van der Waals surface area contributed by atoms with E-state index in [0.29, 0.717) is 16.9 Å². The van der Waals surface area contributed by atoms with E-state index < -0.39 is 0 Å². The molecule has 0 radical (unpaired) electrons. The summed E-state index contributed by atoms with van der Waals surface area (Å²) in [4.78, 5) is 23.8. The Morgan fingerprint density at radius 1 is 0.289 bits per heavy atom. The van der Waals surface area contributed by atoms with Crippen LogP contribution in [0.25, 0.3) is 160 Å². The number of benzene rings is 10. The summed E-state index contributed by atoms with van der Waals surface area (Å²) in [5.41, 5.74) is 23.3. The summed E-state index contributed by atoms with van der Waals surface area (Å²) in [6.45, 7) is 8.29. The van der Waals surface area contributed by atoms with Gasteiger partial charge in [0.25, 0.3) is 0 Å². The molecule has 6 heterocycles. The van der Waals surface area contributed by atoms with Gasteiger partial charge in [-0.1, -0.05) is 212 Å². The highest BCUT2D eigenvalue weighted by atomic mass is 15.0. The van der Waals surface area contributed by atoms with Gasteiger partial charge in [-0.25, -0.2) is 4.85 Å². The van der Waals surface area contributed by atoms with Crippen LogP contribution in [0, 0.1) is 17.9 Å². The number of fused-ring (bicyclic) bond motifs is 6. The smallest absolute Gasteiger partial charge is 0.187 e. The lowest BCUT2D eigenvalue weighted by atomic mass is 9.98. The average Bonchev–Trinajstić information content (AvgIpc) is 1.57. The zero-order chi connectivity index (χ0) is 60.1. The Labute approximate surface area is 519 Å². The molecule has 0 saturated heterocycles. The molecule has 0 bridgehead atoms. The van der Waals surface area contributed by atoms with Gasteiger partial charge in [0.1, 0.15) is 6.07 Å². The fraction of sp³-hybridized carbons (Fsp3) is 0. The van der Waals surface area contributed by atoms with Gasteiger partial charge in [0, 0.05) is 96.4 Å². The van der Waals surface area contributed by atoms with E-state index in [-0.39, 0.29) is 0 Å². The normalized spacial score (nSPS) is 11.3. The average molecular weight is 1150 g/mol. The van der Waals surface area contributed by atoms with Gasteiger partial charge in [0.2, 0.25) is 0 Å². The summed E-state index contributed by atoms with van der Waals surface area (Å²) in [6.07, 6.45) is 7.76. The zero-order valence-corrected chi connectivity index (χ0v) is 48.4. The molecule has 0 atom stereocenters. The molecule has 418 valence electrons. The van der Waals surface area contributed by atoms with Crippen LogP contribution in [0.5, 0.6) is 0 Å². The number of nitriles is 1. The third-order valence-corrected chi connectivity index (χ3v) is 17.2. The van der Waals surface area contributed by atoms with Crippen LogP contribution in [0.2, 0.25) is 0 Å². The van der Waals surface area contributed by atoms with Gasteiger partial charge in [-0.2, -0.15) is 5.26 Å². The van der Waals surface area contributed by atoms with E-state index in [4.69, 9.17) is 26.5 Å². The maximum atomic E-state index is 11.9. The Morgan fingerprint density at radius 3 is 0.922 bits per heavy atom. The molecular formula is C82H50N8. The first-order valence-electron chi connectivity index (χ1n) is 29.8. The highest BCUT2D eigenvalue weighted by molar-refractivity contribution is 6.13. The van der Waals surface area contributed by atoms with Crippen molar-refractivity contribution < 1.29 is 0 Å². The van der Waals surface area contributed by atoms with Crippen LogP contribution in [-0.4, -0.2) is 29.1 Å². The first kappa shape index (κ1) is 52.9. The summed E-state index contributed by atoms with van der Waals surface area (Å²) < 4.78 is 4.56. The number of rotatable bonds is 11. The molecule has 0 amide bonds. The van der Waals surface area contributed by atoms with Gasteiger partial charge in [-0.05, 0) is 94.5 Å². The Morgan fingerprint density at radius 2 is 0.611 bits per heavy atom. The van der Waals surface area contributed by atoms with E-state index in [1.807, 2.05) is 122 Å². The van der Waals surface area contributed by atoms with E-state index in [1.165, 1.54) is 0 Å². The lowest BCUT2D eigenvalue weighted by molar-refractivity contribution is 1.14. The molecule has 0 N–H and O–H groups in total. The van der Waals surface area contributed by atoms with Crippen molar-refractivity contribution in [2.24, 2.45) is 0 Å². The third-order valence-electron chi connectivity index (χ3n) is 17.2. The summed E-state index contributed by atoms with van der Waals surface area (Å²) in [6, 6.07) is 98.8. The molecular weight excluding hydrogens is 1100 g/mol. The van der Waals surface area contributed by atoms with Crippen molar-refractivity contribution in [3.8, 4) is 118 Å². The summed E-state index contributed by atoms with van der Waals surface area (Å²) in [7, 11) is 0. The summed E-state index contributed by atoms with van der Waals surface area (Å²) in [5.74, 6) is 0. The van der Waals surface area contributed by atoms with E-state index >= 15 is 0 Å². The van der Waals surface area contributed by atoms with Crippen LogP contribution < -0.4 is 0 Å². The highest BCUT2D eigenvalue weighted by Gasteiger charge is 2.24. The SMILES string of the molecule is [C-]#[N+]c1cccc(-c2cc(-n3c4cc(-c5ccc(-c6ccccc6)nc5)ccc4c4ccc(-c5ccc(-c6ccccc6)nc5)cc43)c(C#N)cc2-n2c3cc(-c4ccc(-c5ccccc5)nc4)ccc3c3ccc(-c4ccc(-c5ccccc5)nc4)cc32)c1. The molecule has 8 heteroatoms. The molecule has 0 fully saturated rings. The fourth-order valence-corrected chi connectivity index (χ4v) is 12.7. The number of nitrogens with zero attached hydrogens (tertiary/aromatic N) is 8. The summed E-state index contributed by atoms with van der Waals surface area (Å²) in [5, 5.41) is 16.0. The Balaban J connectivity index is 0.939. The van der Waals surface area contributed by atoms with Gasteiger partial charge in [0.15, 0.2) is 5.69 Å². The number of aromatic nitrogens is 6. The van der Waals surface area contributed by atoms with Gasteiger partial charge >= 0.3 is 0 Å². The largest absolute Gasteiger partial charge is 0.309 e. The second-order valence-corrected chi connectivity index (χ2v) is 22.5. The van der Waals surface area contributed by atoms with Crippen molar-refractivity contribution >= 4 is 49.3 Å². The molecule has 90 heavy (non-hydrogen) atoms. The minimum Gasteiger partial charge on any atom is -0.309 e. The maximum Gasteiger partial charge on any atom is 0.187 e. The molecule has 6 aromatic heterocycles. The lowest BCUT2D eigenvalue weighted by Gasteiger charge is -2.19. The van der Waals surface area contributed by atoms with Crippen LogP contribution >= 0.6 is 0 Å². The van der Waals surface area contributed by atoms with Gasteiger partial charge in [-0.15, -0.1) is 0 Å². The predicted octanol–water partition coefficient (Wildman–Crippen LogP) is 20.9. The molecule has 0 spiro atoms. The molecule has 0 aliphatic heterocycles. The van der Waals surface area contributed by atoms with Crippen LogP contribution in [0.15, 0.2) is 304 Å². The number of pyridine rings is 4. The topological polar surface area (TPSA) is 89.6 Å². The molecule has 0 unspecified atom stereocenters.